The number of sulfone groups is 1. The minimum absolute atomic E-state index is 0.0529. The Morgan fingerprint density at radius 1 is 1.22 bits per heavy atom. The number of alkyl halides is 1. The number of halogens is 1. The zero-order chi connectivity index (χ0) is 13.2. The van der Waals surface area contributed by atoms with Crippen molar-refractivity contribution in [3.63, 3.8) is 0 Å². The van der Waals surface area contributed by atoms with Gasteiger partial charge in [-0.1, -0.05) is 28.8 Å². The van der Waals surface area contributed by atoms with Crippen molar-refractivity contribution in [3.8, 4) is 0 Å². The first-order chi connectivity index (χ1) is 8.53. The fourth-order valence-corrected chi connectivity index (χ4v) is 5.12. The third kappa shape index (κ3) is 3.26. The Balaban J connectivity index is 2.04. The number of hydrogen-bond acceptors (Lipinski definition) is 3. The Hall–Kier alpha value is -0.100. The van der Waals surface area contributed by atoms with E-state index in [0.29, 0.717) is 19.0 Å². The molecule has 1 atom stereocenters. The average Bonchev–Trinajstić information content (AvgIpc) is 2.94. The molecule has 1 heterocycles. The van der Waals surface area contributed by atoms with Crippen LogP contribution in [0, 0.1) is 5.92 Å². The van der Waals surface area contributed by atoms with Gasteiger partial charge >= 0.3 is 0 Å². The second kappa shape index (κ2) is 5.90. The zero-order valence-corrected chi connectivity index (χ0v) is 12.9. The molecule has 6 heteroatoms. The van der Waals surface area contributed by atoms with Crippen molar-refractivity contribution in [2.24, 2.45) is 5.92 Å². The number of nitrogens with zero attached hydrogens (tertiary/aromatic N) is 1. The molecule has 1 aliphatic carbocycles. The summed E-state index contributed by atoms with van der Waals surface area (Å²) in [6.45, 7) is 0.694. The number of carbonyl (C=O) groups excluding carboxylic acids is 1. The van der Waals surface area contributed by atoms with E-state index in [1.54, 1.807) is 0 Å². The molecule has 0 aromatic rings. The molecule has 2 rings (SSSR count). The Morgan fingerprint density at radius 2 is 1.89 bits per heavy atom. The molecule has 2 aliphatic rings. The van der Waals surface area contributed by atoms with Crippen LogP contribution in [0.2, 0.25) is 0 Å². The second-order valence-electron chi connectivity index (χ2n) is 5.26. The molecule has 1 amide bonds. The fourth-order valence-electron chi connectivity index (χ4n) is 3.00. The molecular weight excluding hydrogens is 318 g/mol. The van der Waals surface area contributed by atoms with E-state index in [2.05, 4.69) is 15.9 Å². The van der Waals surface area contributed by atoms with Crippen LogP contribution in [0.3, 0.4) is 0 Å². The monoisotopic (exact) mass is 337 g/mol. The molecule has 1 saturated heterocycles. The Morgan fingerprint density at radius 3 is 2.39 bits per heavy atom. The van der Waals surface area contributed by atoms with E-state index >= 15 is 0 Å². The largest absolute Gasteiger partial charge is 0.339 e. The van der Waals surface area contributed by atoms with Crippen LogP contribution < -0.4 is 0 Å². The van der Waals surface area contributed by atoms with Crippen LogP contribution in [0.1, 0.15) is 32.1 Å². The van der Waals surface area contributed by atoms with Gasteiger partial charge in [0.05, 0.1) is 17.4 Å². The summed E-state index contributed by atoms with van der Waals surface area (Å²) < 4.78 is 22.9. The van der Waals surface area contributed by atoms with Crippen molar-refractivity contribution in [1.82, 2.24) is 4.90 Å². The summed E-state index contributed by atoms with van der Waals surface area (Å²) >= 11 is 3.38. The molecule has 1 saturated carbocycles. The van der Waals surface area contributed by atoms with Gasteiger partial charge in [-0.2, -0.15) is 0 Å². The number of amides is 1. The van der Waals surface area contributed by atoms with Gasteiger partial charge < -0.3 is 4.90 Å². The van der Waals surface area contributed by atoms with Gasteiger partial charge in [0, 0.05) is 17.9 Å². The molecule has 0 bridgehead atoms. The predicted molar refractivity (Wildman–Crippen MR) is 74.5 cm³/mol. The van der Waals surface area contributed by atoms with Crippen molar-refractivity contribution in [3.05, 3.63) is 0 Å². The van der Waals surface area contributed by atoms with Crippen molar-refractivity contribution < 1.29 is 13.2 Å². The highest BCUT2D eigenvalue weighted by atomic mass is 79.9. The van der Waals surface area contributed by atoms with Crippen LogP contribution in [-0.2, 0) is 14.6 Å². The van der Waals surface area contributed by atoms with Crippen LogP contribution >= 0.6 is 15.9 Å². The highest BCUT2D eigenvalue weighted by Gasteiger charge is 2.37. The van der Waals surface area contributed by atoms with Gasteiger partial charge in [0.2, 0.25) is 5.91 Å². The molecule has 0 spiro atoms. The maximum Gasteiger partial charge on any atom is 0.227 e. The van der Waals surface area contributed by atoms with E-state index in [1.807, 2.05) is 4.90 Å². The molecule has 0 aromatic heterocycles. The van der Waals surface area contributed by atoms with E-state index in [9.17, 15) is 13.2 Å². The van der Waals surface area contributed by atoms with E-state index in [4.69, 9.17) is 0 Å². The minimum Gasteiger partial charge on any atom is -0.339 e. The van der Waals surface area contributed by atoms with Crippen LogP contribution in [0.5, 0.6) is 0 Å². The number of carbonyl (C=O) groups is 1. The SMILES string of the molecule is O=C(C1CCS(=O)(=O)C1)N(CCBr)C1CCCC1. The summed E-state index contributed by atoms with van der Waals surface area (Å²) in [6, 6.07) is 0.332. The van der Waals surface area contributed by atoms with Crippen LogP contribution in [0.25, 0.3) is 0 Å². The topological polar surface area (TPSA) is 54.5 Å². The van der Waals surface area contributed by atoms with Crippen LogP contribution in [0.15, 0.2) is 0 Å². The van der Waals surface area contributed by atoms with Crippen LogP contribution in [0.4, 0.5) is 0 Å². The first kappa shape index (κ1) is 14.3. The van der Waals surface area contributed by atoms with Gasteiger partial charge in [-0.3, -0.25) is 4.79 Å². The summed E-state index contributed by atoms with van der Waals surface area (Å²) in [5.41, 5.74) is 0. The molecule has 0 radical (unpaired) electrons. The molecule has 104 valence electrons. The highest BCUT2D eigenvalue weighted by molar-refractivity contribution is 9.09. The standard InChI is InChI=1S/C12H20BrNO3S/c13-6-7-14(11-3-1-2-4-11)12(15)10-5-8-18(16,17)9-10/h10-11H,1-9H2. The Kier molecular flexibility index (Phi) is 4.69. The van der Waals surface area contributed by atoms with E-state index in [0.717, 1.165) is 18.2 Å². The van der Waals surface area contributed by atoms with Crippen molar-refractivity contribution in [2.45, 2.75) is 38.1 Å². The smallest absolute Gasteiger partial charge is 0.227 e. The zero-order valence-electron chi connectivity index (χ0n) is 10.5. The van der Waals surface area contributed by atoms with Gasteiger partial charge in [0.1, 0.15) is 0 Å². The van der Waals surface area contributed by atoms with E-state index in [1.165, 1.54) is 12.8 Å². The third-order valence-electron chi connectivity index (χ3n) is 3.96. The lowest BCUT2D eigenvalue weighted by Crippen LogP contribution is -2.43. The predicted octanol–water partition coefficient (Wildman–Crippen LogP) is 1.59. The quantitative estimate of drug-likeness (QED) is 0.732. The van der Waals surface area contributed by atoms with Gasteiger partial charge in [0.25, 0.3) is 0 Å². The molecule has 1 unspecified atom stereocenters. The Labute approximate surface area is 117 Å². The van der Waals surface area contributed by atoms with Gasteiger partial charge in [-0.05, 0) is 19.3 Å². The molecule has 18 heavy (non-hydrogen) atoms. The van der Waals surface area contributed by atoms with E-state index in [-0.39, 0.29) is 23.3 Å². The normalized spacial score (nSPS) is 27.5. The lowest BCUT2D eigenvalue weighted by atomic mass is 10.1. The first-order valence-corrected chi connectivity index (χ1v) is 9.54. The Bertz CT molecular complexity index is 404. The summed E-state index contributed by atoms with van der Waals surface area (Å²) in [5, 5.41) is 0.759. The molecule has 0 N–H and O–H groups in total. The molecule has 1 aliphatic heterocycles. The van der Waals surface area contributed by atoms with Gasteiger partial charge in [-0.25, -0.2) is 8.42 Å². The van der Waals surface area contributed by atoms with E-state index < -0.39 is 9.84 Å². The average molecular weight is 338 g/mol. The maximum atomic E-state index is 12.5. The highest BCUT2D eigenvalue weighted by Crippen LogP contribution is 2.27. The second-order valence-corrected chi connectivity index (χ2v) is 8.28. The minimum atomic E-state index is -2.97. The lowest BCUT2D eigenvalue weighted by Gasteiger charge is -2.30. The molecular formula is C12H20BrNO3S. The molecule has 0 aromatic carbocycles. The van der Waals surface area contributed by atoms with Gasteiger partial charge in [-0.15, -0.1) is 0 Å². The number of rotatable bonds is 4. The summed E-state index contributed by atoms with van der Waals surface area (Å²) in [5.74, 6) is -0.00909. The van der Waals surface area contributed by atoms with Crippen molar-refractivity contribution in [1.29, 1.82) is 0 Å². The van der Waals surface area contributed by atoms with Crippen molar-refractivity contribution >= 4 is 31.7 Å². The fraction of sp³-hybridized carbons (Fsp3) is 0.917. The summed E-state index contributed by atoms with van der Waals surface area (Å²) in [6.07, 6.45) is 5.00. The lowest BCUT2D eigenvalue weighted by molar-refractivity contribution is -0.136. The number of hydrogen-bond donors (Lipinski definition) is 0. The third-order valence-corrected chi connectivity index (χ3v) is 6.08. The molecule has 4 nitrogen and oxygen atoms in total. The summed E-state index contributed by atoms with van der Waals surface area (Å²) in [4.78, 5) is 14.4. The van der Waals surface area contributed by atoms with Crippen LogP contribution in [-0.4, -0.2) is 48.6 Å². The maximum absolute atomic E-state index is 12.5. The van der Waals surface area contributed by atoms with Crippen molar-refractivity contribution in [2.75, 3.05) is 23.4 Å². The van der Waals surface area contributed by atoms with Gasteiger partial charge in [0.15, 0.2) is 9.84 Å². The molecule has 2 fully saturated rings. The summed E-state index contributed by atoms with van der Waals surface area (Å²) in [7, 11) is -2.97. The first-order valence-electron chi connectivity index (χ1n) is 6.60.